The van der Waals surface area contributed by atoms with Gasteiger partial charge in [0.2, 0.25) is 0 Å². The summed E-state index contributed by atoms with van der Waals surface area (Å²) in [7, 11) is 6.23. The number of para-hydroxylation sites is 4. The van der Waals surface area contributed by atoms with Gasteiger partial charge >= 0.3 is 0 Å². The third-order valence-electron chi connectivity index (χ3n) is 11.0. The second-order valence-corrected chi connectivity index (χ2v) is 14.4. The summed E-state index contributed by atoms with van der Waals surface area (Å²) in [6.45, 7) is 2.32. The molecule has 0 radical (unpaired) electrons. The van der Waals surface area contributed by atoms with Crippen LogP contribution < -0.4 is 40.2 Å². The van der Waals surface area contributed by atoms with E-state index in [1.807, 2.05) is 48.5 Å². The Morgan fingerprint density at radius 2 is 0.607 bits per heavy atom. The van der Waals surface area contributed by atoms with Gasteiger partial charge in [0.1, 0.15) is 0 Å². The van der Waals surface area contributed by atoms with E-state index in [1.54, 1.807) is 52.7 Å². The first-order valence-electron chi connectivity index (χ1n) is 19.6. The third-order valence-corrected chi connectivity index (χ3v) is 11.0. The molecule has 0 heterocycles. The van der Waals surface area contributed by atoms with Gasteiger partial charge in [-0.05, 0) is 49.9 Å². The standard InChI is InChI=1S/2C22H30N2O4/c2*1-27-19-11-5-7-15(21(19)25)13-23-17-9-3-4-10-18(17)24-14-16-8-6-12-20(28-2)22(16)26/h2*5-8,11-12,17-18,23-26H,3-4,9-10,13-14H2,1-2H3/t2*17-,18-/m10/s1. The predicted octanol–water partition coefficient (Wildman–Crippen LogP) is 6.61. The molecule has 0 amide bonds. The van der Waals surface area contributed by atoms with Crippen molar-refractivity contribution in [1.82, 2.24) is 21.3 Å². The van der Waals surface area contributed by atoms with E-state index in [0.29, 0.717) is 73.3 Å². The molecule has 8 N–H and O–H groups in total. The normalized spacial score (nSPS) is 19.4. The first-order chi connectivity index (χ1) is 27.3. The van der Waals surface area contributed by atoms with Crippen LogP contribution in [0.15, 0.2) is 72.8 Å². The van der Waals surface area contributed by atoms with Gasteiger partial charge in [0.05, 0.1) is 28.4 Å². The van der Waals surface area contributed by atoms with Crippen molar-refractivity contribution < 1.29 is 39.4 Å². The van der Waals surface area contributed by atoms with Gasteiger partial charge in [-0.3, -0.25) is 0 Å². The Labute approximate surface area is 331 Å². The molecule has 6 rings (SSSR count). The maximum Gasteiger partial charge on any atom is 0.162 e. The Kier molecular flexibility index (Phi) is 16.2. The molecule has 2 saturated carbocycles. The average Bonchev–Trinajstić information content (AvgIpc) is 3.23. The van der Waals surface area contributed by atoms with Crippen molar-refractivity contribution >= 4 is 0 Å². The SMILES string of the molecule is COc1cccc(CN[C@@H]2CCCC[C@H]2NCc2cccc(OC)c2O)c1O.COc1cccc(CN[C@H]2CCCC[C@@H]2NCc2cccc(OC)c2O)c1O. The van der Waals surface area contributed by atoms with Crippen LogP contribution in [0.25, 0.3) is 0 Å². The number of phenolic OH excluding ortho intramolecular Hbond substituents is 4. The van der Waals surface area contributed by atoms with Crippen LogP contribution in [-0.2, 0) is 26.2 Å². The van der Waals surface area contributed by atoms with Crippen LogP contribution >= 0.6 is 0 Å². The molecule has 2 fully saturated rings. The molecule has 2 aliphatic rings. The van der Waals surface area contributed by atoms with Crippen LogP contribution in [0.5, 0.6) is 46.0 Å². The van der Waals surface area contributed by atoms with Gasteiger partial charge in [-0.1, -0.05) is 74.2 Å². The molecule has 4 aromatic carbocycles. The summed E-state index contributed by atoms with van der Waals surface area (Å²) in [5, 5.41) is 55.5. The Morgan fingerprint density at radius 3 is 0.804 bits per heavy atom. The number of hydrogen-bond donors (Lipinski definition) is 8. The highest BCUT2D eigenvalue weighted by Gasteiger charge is 2.26. The summed E-state index contributed by atoms with van der Waals surface area (Å²) in [6, 6.07) is 23.4. The van der Waals surface area contributed by atoms with Crippen molar-refractivity contribution in [2.75, 3.05) is 28.4 Å². The van der Waals surface area contributed by atoms with Crippen LogP contribution in [0.4, 0.5) is 0 Å². The summed E-state index contributed by atoms with van der Waals surface area (Å²) in [4.78, 5) is 0. The Balaban J connectivity index is 0.000000214. The van der Waals surface area contributed by atoms with Gasteiger partial charge in [-0.2, -0.15) is 0 Å². The lowest BCUT2D eigenvalue weighted by Crippen LogP contribution is -2.49. The topological polar surface area (TPSA) is 166 Å². The van der Waals surface area contributed by atoms with Gasteiger partial charge in [0.15, 0.2) is 46.0 Å². The molecule has 304 valence electrons. The van der Waals surface area contributed by atoms with Crippen molar-refractivity contribution in [2.24, 2.45) is 0 Å². The lowest BCUT2D eigenvalue weighted by Gasteiger charge is -2.33. The molecule has 0 bridgehead atoms. The van der Waals surface area contributed by atoms with Gasteiger partial charge in [-0.25, -0.2) is 0 Å². The summed E-state index contributed by atoms with van der Waals surface area (Å²) >= 11 is 0. The number of methoxy groups -OCH3 is 4. The number of hydrogen-bond acceptors (Lipinski definition) is 12. The molecule has 2 aliphatic carbocycles. The largest absolute Gasteiger partial charge is 0.504 e. The molecule has 56 heavy (non-hydrogen) atoms. The van der Waals surface area contributed by atoms with Crippen molar-refractivity contribution in [3.63, 3.8) is 0 Å². The number of rotatable bonds is 16. The first kappa shape index (κ1) is 42.3. The zero-order chi connectivity index (χ0) is 39.9. The molecular weight excluding hydrogens is 713 g/mol. The van der Waals surface area contributed by atoms with Crippen molar-refractivity contribution in [1.29, 1.82) is 0 Å². The summed E-state index contributed by atoms with van der Waals surface area (Å²) in [5.41, 5.74) is 3.31. The zero-order valence-electron chi connectivity index (χ0n) is 33.1. The Bertz CT molecular complexity index is 1560. The minimum Gasteiger partial charge on any atom is -0.504 e. The third kappa shape index (κ3) is 11.1. The van der Waals surface area contributed by atoms with E-state index in [0.717, 1.165) is 47.9 Å². The summed E-state index contributed by atoms with van der Waals surface area (Å²) in [5.74, 6) is 2.74. The second-order valence-electron chi connectivity index (χ2n) is 14.4. The fraction of sp³-hybridized carbons (Fsp3) is 0.455. The lowest BCUT2D eigenvalue weighted by molar-refractivity contribution is 0.278. The van der Waals surface area contributed by atoms with Crippen molar-refractivity contribution in [3.05, 3.63) is 95.1 Å². The van der Waals surface area contributed by atoms with E-state index in [1.165, 1.54) is 25.7 Å². The molecule has 4 atom stereocenters. The van der Waals surface area contributed by atoms with Crippen LogP contribution in [0.2, 0.25) is 0 Å². The van der Waals surface area contributed by atoms with Crippen LogP contribution in [0.3, 0.4) is 0 Å². The van der Waals surface area contributed by atoms with Crippen molar-refractivity contribution in [2.45, 2.75) is 102 Å². The lowest BCUT2D eigenvalue weighted by atomic mass is 9.90. The number of phenols is 4. The van der Waals surface area contributed by atoms with E-state index >= 15 is 0 Å². The molecule has 12 nitrogen and oxygen atoms in total. The Morgan fingerprint density at radius 1 is 0.393 bits per heavy atom. The van der Waals surface area contributed by atoms with Crippen LogP contribution in [-0.4, -0.2) is 73.0 Å². The maximum absolute atomic E-state index is 10.3. The Hall–Kier alpha value is -4.88. The molecule has 0 aromatic heterocycles. The molecule has 0 spiro atoms. The quantitative estimate of drug-likeness (QED) is 0.0616. The smallest absolute Gasteiger partial charge is 0.162 e. The van der Waals surface area contributed by atoms with E-state index in [-0.39, 0.29) is 23.0 Å². The highest BCUT2D eigenvalue weighted by Crippen LogP contribution is 2.33. The number of nitrogens with one attached hydrogen (secondary N) is 4. The summed E-state index contributed by atoms with van der Waals surface area (Å²) in [6.07, 6.45) is 9.04. The molecule has 4 aromatic rings. The van der Waals surface area contributed by atoms with Gasteiger partial charge in [-0.15, -0.1) is 0 Å². The van der Waals surface area contributed by atoms with Crippen molar-refractivity contribution in [3.8, 4) is 46.0 Å². The van der Waals surface area contributed by atoms with Crippen LogP contribution in [0, 0.1) is 0 Å². The monoisotopic (exact) mass is 772 g/mol. The molecule has 0 unspecified atom stereocenters. The fourth-order valence-electron chi connectivity index (χ4n) is 7.70. The first-order valence-corrected chi connectivity index (χ1v) is 19.6. The van der Waals surface area contributed by atoms with Gasteiger partial charge < -0.3 is 60.6 Å². The summed E-state index contributed by atoms with van der Waals surface area (Å²) < 4.78 is 20.8. The van der Waals surface area contributed by atoms with E-state index in [2.05, 4.69) is 21.3 Å². The van der Waals surface area contributed by atoms with Crippen LogP contribution in [0.1, 0.15) is 73.6 Å². The highest BCUT2D eigenvalue weighted by atomic mass is 16.5. The molecule has 12 heteroatoms. The molecule has 0 aliphatic heterocycles. The molecule has 0 saturated heterocycles. The minimum absolute atomic E-state index is 0.194. The predicted molar refractivity (Wildman–Crippen MR) is 218 cm³/mol. The zero-order valence-corrected chi connectivity index (χ0v) is 33.1. The van der Waals surface area contributed by atoms with E-state index in [9.17, 15) is 20.4 Å². The van der Waals surface area contributed by atoms with E-state index < -0.39 is 0 Å². The number of benzene rings is 4. The number of ether oxygens (including phenoxy) is 4. The average molecular weight is 773 g/mol. The fourth-order valence-corrected chi connectivity index (χ4v) is 7.70. The molecular formula is C44H60N4O8. The number of aromatic hydroxyl groups is 4. The maximum atomic E-state index is 10.3. The van der Waals surface area contributed by atoms with E-state index in [4.69, 9.17) is 18.9 Å². The minimum atomic E-state index is 0.194. The second kappa shape index (κ2) is 21.4. The highest BCUT2D eigenvalue weighted by molar-refractivity contribution is 5.47. The van der Waals surface area contributed by atoms with Gasteiger partial charge in [0.25, 0.3) is 0 Å². The van der Waals surface area contributed by atoms with Gasteiger partial charge in [0, 0.05) is 72.6 Å².